The molecule has 0 aliphatic rings. The second-order valence-corrected chi connectivity index (χ2v) is 7.03. The smallest absolute Gasteiger partial charge is 0.149 e. The molecule has 0 radical (unpaired) electrons. The van der Waals surface area contributed by atoms with E-state index in [0.717, 1.165) is 29.7 Å². The molecular formula is C25H27NO2. The van der Waals surface area contributed by atoms with Crippen LogP contribution < -0.4 is 10.5 Å². The number of Topliss-reactive ketones (excluding diaryl/α,β-unsaturated/α-hetero) is 1. The number of rotatable bonds is 10. The van der Waals surface area contributed by atoms with E-state index in [9.17, 15) is 4.79 Å². The first-order chi connectivity index (χ1) is 13.7. The predicted molar refractivity (Wildman–Crippen MR) is 113 cm³/mol. The Labute approximate surface area is 167 Å². The standard InChI is InChI=1S/C25H27NO2/c26-24(25(27)13-7-12-20-8-3-1-4-9-20)18-21-14-16-23(17-15-21)28-19-22-10-5-2-6-11-22/h1-6,8-11,14-17,24H,7,12-13,18-19,26H2. The quantitative estimate of drug-likeness (QED) is 0.559. The molecule has 2 N–H and O–H groups in total. The zero-order valence-corrected chi connectivity index (χ0v) is 16.1. The molecule has 0 aliphatic carbocycles. The summed E-state index contributed by atoms with van der Waals surface area (Å²) in [6, 6.07) is 27.7. The molecule has 0 saturated carbocycles. The highest BCUT2D eigenvalue weighted by Crippen LogP contribution is 2.16. The van der Waals surface area contributed by atoms with Crippen LogP contribution in [0.5, 0.6) is 5.75 Å². The molecule has 0 amide bonds. The van der Waals surface area contributed by atoms with Gasteiger partial charge in [-0.3, -0.25) is 4.79 Å². The average Bonchev–Trinajstić information content (AvgIpc) is 2.74. The highest BCUT2D eigenvalue weighted by Gasteiger charge is 2.14. The first kappa shape index (κ1) is 19.8. The van der Waals surface area contributed by atoms with Crippen LogP contribution in [-0.4, -0.2) is 11.8 Å². The highest BCUT2D eigenvalue weighted by molar-refractivity contribution is 5.84. The maximum Gasteiger partial charge on any atom is 0.149 e. The van der Waals surface area contributed by atoms with E-state index in [1.807, 2.05) is 72.8 Å². The van der Waals surface area contributed by atoms with E-state index >= 15 is 0 Å². The molecule has 3 aromatic rings. The fourth-order valence-corrected chi connectivity index (χ4v) is 3.13. The summed E-state index contributed by atoms with van der Waals surface area (Å²) in [6.45, 7) is 0.541. The number of carbonyl (C=O) groups is 1. The van der Waals surface area contributed by atoms with Crippen LogP contribution in [0.4, 0.5) is 0 Å². The van der Waals surface area contributed by atoms with Crippen LogP contribution in [0.1, 0.15) is 29.5 Å². The second-order valence-electron chi connectivity index (χ2n) is 7.03. The van der Waals surface area contributed by atoms with Gasteiger partial charge in [-0.05, 0) is 48.1 Å². The van der Waals surface area contributed by atoms with Gasteiger partial charge in [0.2, 0.25) is 0 Å². The normalized spacial score (nSPS) is 11.8. The summed E-state index contributed by atoms with van der Waals surface area (Å²) in [5, 5.41) is 0. The van der Waals surface area contributed by atoms with Crippen molar-refractivity contribution in [2.75, 3.05) is 0 Å². The van der Waals surface area contributed by atoms with Crippen molar-refractivity contribution in [3.05, 3.63) is 102 Å². The van der Waals surface area contributed by atoms with Gasteiger partial charge in [0.05, 0.1) is 6.04 Å². The van der Waals surface area contributed by atoms with Gasteiger partial charge in [-0.15, -0.1) is 0 Å². The van der Waals surface area contributed by atoms with E-state index in [1.165, 1.54) is 5.56 Å². The Hall–Kier alpha value is -2.91. The number of hydrogen-bond acceptors (Lipinski definition) is 3. The van der Waals surface area contributed by atoms with Crippen molar-refractivity contribution in [1.82, 2.24) is 0 Å². The third-order valence-electron chi connectivity index (χ3n) is 4.77. The van der Waals surface area contributed by atoms with E-state index in [1.54, 1.807) is 0 Å². The van der Waals surface area contributed by atoms with Crippen molar-refractivity contribution in [2.24, 2.45) is 5.73 Å². The molecule has 144 valence electrons. The van der Waals surface area contributed by atoms with Gasteiger partial charge in [0.1, 0.15) is 18.1 Å². The Morgan fingerprint density at radius 2 is 1.39 bits per heavy atom. The molecule has 0 aliphatic heterocycles. The molecule has 0 bridgehead atoms. The molecule has 3 rings (SSSR count). The van der Waals surface area contributed by atoms with Gasteiger partial charge < -0.3 is 10.5 Å². The van der Waals surface area contributed by atoms with Crippen LogP contribution in [0.2, 0.25) is 0 Å². The fraction of sp³-hybridized carbons (Fsp3) is 0.240. The third-order valence-corrected chi connectivity index (χ3v) is 4.77. The van der Waals surface area contributed by atoms with Gasteiger partial charge in [-0.1, -0.05) is 72.8 Å². The lowest BCUT2D eigenvalue weighted by atomic mass is 9.98. The summed E-state index contributed by atoms with van der Waals surface area (Å²) in [7, 11) is 0. The Bertz CT molecular complexity index is 845. The molecule has 0 heterocycles. The molecule has 0 aromatic heterocycles. The Kier molecular flexibility index (Phi) is 7.39. The predicted octanol–water partition coefficient (Wildman–Crippen LogP) is 4.73. The van der Waals surface area contributed by atoms with E-state index in [2.05, 4.69) is 12.1 Å². The number of carbonyl (C=O) groups excluding carboxylic acids is 1. The van der Waals surface area contributed by atoms with Gasteiger partial charge >= 0.3 is 0 Å². The molecule has 0 spiro atoms. The second kappa shape index (κ2) is 10.4. The Balaban J connectivity index is 1.41. The molecule has 3 nitrogen and oxygen atoms in total. The monoisotopic (exact) mass is 373 g/mol. The Morgan fingerprint density at radius 3 is 2.04 bits per heavy atom. The number of hydrogen-bond donors (Lipinski definition) is 1. The fourth-order valence-electron chi connectivity index (χ4n) is 3.13. The number of ether oxygens (including phenoxy) is 1. The van der Waals surface area contributed by atoms with E-state index < -0.39 is 6.04 Å². The van der Waals surface area contributed by atoms with Crippen LogP contribution in [0.3, 0.4) is 0 Å². The lowest BCUT2D eigenvalue weighted by Crippen LogP contribution is -2.32. The van der Waals surface area contributed by atoms with Crippen molar-refractivity contribution in [3.63, 3.8) is 0 Å². The van der Waals surface area contributed by atoms with Crippen molar-refractivity contribution in [2.45, 2.75) is 38.3 Å². The third kappa shape index (κ3) is 6.36. The maximum absolute atomic E-state index is 12.3. The molecule has 3 aromatic carbocycles. The number of benzene rings is 3. The molecule has 28 heavy (non-hydrogen) atoms. The van der Waals surface area contributed by atoms with E-state index in [4.69, 9.17) is 10.5 Å². The average molecular weight is 373 g/mol. The number of nitrogens with two attached hydrogens (primary N) is 1. The van der Waals surface area contributed by atoms with Gasteiger partial charge in [-0.2, -0.15) is 0 Å². The zero-order valence-electron chi connectivity index (χ0n) is 16.1. The minimum atomic E-state index is -0.452. The van der Waals surface area contributed by atoms with E-state index in [0.29, 0.717) is 19.4 Å². The molecule has 1 unspecified atom stereocenters. The van der Waals surface area contributed by atoms with Crippen LogP contribution >= 0.6 is 0 Å². The van der Waals surface area contributed by atoms with Gasteiger partial charge in [0, 0.05) is 6.42 Å². The molecule has 3 heteroatoms. The first-order valence-corrected chi connectivity index (χ1v) is 9.78. The Morgan fingerprint density at radius 1 is 0.786 bits per heavy atom. The summed E-state index contributed by atoms with van der Waals surface area (Å²) in [4.78, 5) is 12.3. The lowest BCUT2D eigenvalue weighted by Gasteiger charge is -2.12. The van der Waals surface area contributed by atoms with Crippen molar-refractivity contribution >= 4 is 5.78 Å². The van der Waals surface area contributed by atoms with Crippen molar-refractivity contribution in [3.8, 4) is 5.75 Å². The van der Waals surface area contributed by atoms with Crippen molar-refractivity contribution < 1.29 is 9.53 Å². The van der Waals surface area contributed by atoms with Gasteiger partial charge in [0.25, 0.3) is 0 Å². The van der Waals surface area contributed by atoms with Gasteiger partial charge in [0.15, 0.2) is 0 Å². The van der Waals surface area contributed by atoms with Crippen LogP contribution in [0.25, 0.3) is 0 Å². The van der Waals surface area contributed by atoms with Gasteiger partial charge in [-0.25, -0.2) is 0 Å². The van der Waals surface area contributed by atoms with E-state index in [-0.39, 0.29) is 5.78 Å². The minimum absolute atomic E-state index is 0.125. The topological polar surface area (TPSA) is 52.3 Å². The summed E-state index contributed by atoms with van der Waals surface area (Å²) in [6.07, 6.45) is 2.83. The molecule has 1 atom stereocenters. The van der Waals surface area contributed by atoms with Crippen molar-refractivity contribution in [1.29, 1.82) is 0 Å². The molecule has 0 saturated heterocycles. The summed E-state index contributed by atoms with van der Waals surface area (Å²) in [5.74, 6) is 0.940. The minimum Gasteiger partial charge on any atom is -0.489 e. The number of aryl methyl sites for hydroxylation is 1. The largest absolute Gasteiger partial charge is 0.489 e. The van der Waals surface area contributed by atoms with Crippen LogP contribution in [0, 0.1) is 0 Å². The summed E-state index contributed by atoms with van der Waals surface area (Å²) in [5.41, 5.74) is 9.57. The number of ketones is 1. The molecular weight excluding hydrogens is 346 g/mol. The van der Waals surface area contributed by atoms with Crippen LogP contribution in [-0.2, 0) is 24.2 Å². The summed E-state index contributed by atoms with van der Waals surface area (Å²) >= 11 is 0. The summed E-state index contributed by atoms with van der Waals surface area (Å²) < 4.78 is 5.80. The van der Waals surface area contributed by atoms with Crippen LogP contribution in [0.15, 0.2) is 84.9 Å². The lowest BCUT2D eigenvalue weighted by molar-refractivity contribution is -0.120. The first-order valence-electron chi connectivity index (χ1n) is 9.78. The maximum atomic E-state index is 12.3. The zero-order chi connectivity index (χ0) is 19.6. The molecule has 0 fully saturated rings. The highest BCUT2D eigenvalue weighted by atomic mass is 16.5. The SMILES string of the molecule is NC(Cc1ccc(OCc2ccccc2)cc1)C(=O)CCCc1ccccc1.